The Balaban J connectivity index is 1.82. The van der Waals surface area contributed by atoms with Gasteiger partial charge in [-0.3, -0.25) is 14.9 Å². The molecule has 1 atom stereocenters. The van der Waals surface area contributed by atoms with Gasteiger partial charge in [0.25, 0.3) is 11.6 Å². The molecule has 0 aliphatic carbocycles. The minimum atomic E-state index is -0.534. The van der Waals surface area contributed by atoms with Gasteiger partial charge in [0.05, 0.1) is 24.2 Å². The van der Waals surface area contributed by atoms with Crippen molar-refractivity contribution >= 4 is 23.4 Å². The Labute approximate surface area is 174 Å². The molecular formula is C22H22N4O4. The lowest BCUT2D eigenvalue weighted by Crippen LogP contribution is -2.36. The number of amides is 1. The Morgan fingerprint density at radius 3 is 2.60 bits per heavy atom. The first kappa shape index (κ1) is 21.0. The third kappa shape index (κ3) is 5.01. The van der Waals surface area contributed by atoms with Crippen molar-refractivity contribution < 1.29 is 14.5 Å². The fourth-order valence-electron chi connectivity index (χ4n) is 3.26. The Morgan fingerprint density at radius 2 is 1.97 bits per heavy atom. The Kier molecular flexibility index (Phi) is 6.78. The molecule has 8 heteroatoms. The van der Waals surface area contributed by atoms with Gasteiger partial charge in [-0.15, -0.1) is 0 Å². The molecule has 3 rings (SSSR count). The number of ether oxygens (including phenoxy) is 1. The molecule has 0 unspecified atom stereocenters. The zero-order valence-corrected chi connectivity index (χ0v) is 16.6. The van der Waals surface area contributed by atoms with Crippen molar-refractivity contribution in [1.29, 1.82) is 5.26 Å². The predicted molar refractivity (Wildman–Crippen MR) is 113 cm³/mol. The molecule has 1 saturated heterocycles. The zero-order chi connectivity index (χ0) is 21.5. The predicted octanol–water partition coefficient (Wildman–Crippen LogP) is 3.22. The normalized spacial score (nSPS) is 15.2. The van der Waals surface area contributed by atoms with Gasteiger partial charge in [0.1, 0.15) is 17.3 Å². The highest BCUT2D eigenvalue weighted by molar-refractivity contribution is 6.02. The van der Waals surface area contributed by atoms with Gasteiger partial charge in [-0.25, -0.2) is 0 Å². The van der Waals surface area contributed by atoms with Gasteiger partial charge in [-0.05, 0) is 30.2 Å². The maximum atomic E-state index is 12.5. The first-order valence-corrected chi connectivity index (χ1v) is 9.58. The van der Waals surface area contributed by atoms with E-state index in [1.165, 1.54) is 12.1 Å². The highest BCUT2D eigenvalue weighted by Crippen LogP contribution is 2.30. The fourth-order valence-corrected chi connectivity index (χ4v) is 3.26. The van der Waals surface area contributed by atoms with Gasteiger partial charge >= 0.3 is 0 Å². The Morgan fingerprint density at radius 1 is 1.27 bits per heavy atom. The van der Waals surface area contributed by atoms with Crippen molar-refractivity contribution in [3.05, 3.63) is 75.3 Å². The number of nitrogens with zero attached hydrogens (tertiary/aromatic N) is 3. The van der Waals surface area contributed by atoms with Crippen LogP contribution in [0, 0.1) is 21.4 Å². The molecule has 2 aromatic carbocycles. The number of nitro benzene ring substituents is 1. The Hall–Kier alpha value is -3.70. The van der Waals surface area contributed by atoms with Crippen molar-refractivity contribution in [1.82, 2.24) is 5.32 Å². The molecule has 1 heterocycles. The molecule has 1 amide bonds. The minimum Gasteiger partial charge on any atom is -0.378 e. The number of carbonyl (C=O) groups is 1. The smallest absolute Gasteiger partial charge is 0.293 e. The van der Waals surface area contributed by atoms with Crippen LogP contribution >= 0.6 is 0 Å². The molecule has 30 heavy (non-hydrogen) atoms. The van der Waals surface area contributed by atoms with E-state index in [1.807, 2.05) is 48.2 Å². The highest BCUT2D eigenvalue weighted by Gasteiger charge is 2.22. The largest absolute Gasteiger partial charge is 0.378 e. The Bertz CT molecular complexity index is 992. The zero-order valence-electron chi connectivity index (χ0n) is 16.6. The van der Waals surface area contributed by atoms with E-state index >= 15 is 0 Å². The van der Waals surface area contributed by atoms with Crippen LogP contribution in [-0.4, -0.2) is 37.1 Å². The molecule has 0 radical (unpaired) electrons. The molecule has 2 aromatic rings. The summed E-state index contributed by atoms with van der Waals surface area (Å²) in [6.07, 6.45) is 1.36. The number of anilines is 1. The number of nitro groups is 1. The summed E-state index contributed by atoms with van der Waals surface area (Å²) in [5, 5.41) is 23.8. The van der Waals surface area contributed by atoms with E-state index in [1.54, 1.807) is 12.1 Å². The molecule has 154 valence electrons. The maximum absolute atomic E-state index is 12.5. The van der Waals surface area contributed by atoms with Crippen LogP contribution in [0.1, 0.15) is 24.1 Å². The number of hydrogen-bond donors (Lipinski definition) is 1. The standard InChI is InChI=1S/C22H22N4O4/c1-16(18-5-3-2-4-6-18)24-22(27)19(15-23)13-17-7-8-20(21(14-17)26(28)29)25-9-11-30-12-10-25/h2-8,13-14,16H,9-12H2,1H3,(H,24,27)/b19-13-/t16-/m1/s1. The van der Waals surface area contributed by atoms with Crippen LogP contribution in [0.3, 0.4) is 0 Å². The van der Waals surface area contributed by atoms with E-state index in [4.69, 9.17) is 4.74 Å². The van der Waals surface area contributed by atoms with Crippen LogP contribution in [0.15, 0.2) is 54.1 Å². The molecule has 1 fully saturated rings. The molecule has 0 spiro atoms. The van der Waals surface area contributed by atoms with Gasteiger partial charge in [0.15, 0.2) is 0 Å². The third-order valence-electron chi connectivity index (χ3n) is 4.87. The van der Waals surface area contributed by atoms with Crippen LogP contribution in [0.4, 0.5) is 11.4 Å². The number of morpholine rings is 1. The van der Waals surface area contributed by atoms with Crippen molar-refractivity contribution in [2.45, 2.75) is 13.0 Å². The fraction of sp³-hybridized carbons (Fsp3) is 0.273. The maximum Gasteiger partial charge on any atom is 0.293 e. The van der Waals surface area contributed by atoms with E-state index in [2.05, 4.69) is 5.32 Å². The molecule has 8 nitrogen and oxygen atoms in total. The summed E-state index contributed by atoms with van der Waals surface area (Å²) in [5.41, 5.74) is 1.64. The van der Waals surface area contributed by atoms with Crippen LogP contribution in [-0.2, 0) is 9.53 Å². The van der Waals surface area contributed by atoms with Crippen LogP contribution in [0.2, 0.25) is 0 Å². The van der Waals surface area contributed by atoms with Crippen molar-refractivity contribution in [2.24, 2.45) is 0 Å². The number of rotatable bonds is 6. The second-order valence-corrected chi connectivity index (χ2v) is 6.88. The van der Waals surface area contributed by atoms with Gasteiger partial charge in [-0.2, -0.15) is 5.26 Å². The average Bonchev–Trinajstić information content (AvgIpc) is 2.78. The number of benzene rings is 2. The number of nitriles is 1. The van der Waals surface area contributed by atoms with E-state index in [0.29, 0.717) is 37.6 Å². The molecule has 1 N–H and O–H groups in total. The monoisotopic (exact) mass is 406 g/mol. The summed E-state index contributed by atoms with van der Waals surface area (Å²) in [4.78, 5) is 25.6. The number of carbonyl (C=O) groups excluding carboxylic acids is 1. The van der Waals surface area contributed by atoms with Crippen molar-refractivity contribution in [3.8, 4) is 6.07 Å². The van der Waals surface area contributed by atoms with E-state index < -0.39 is 10.8 Å². The number of hydrogen-bond acceptors (Lipinski definition) is 6. The molecule has 1 aliphatic heterocycles. The second-order valence-electron chi connectivity index (χ2n) is 6.88. The summed E-state index contributed by atoms with van der Waals surface area (Å²) in [6, 6.07) is 15.7. The van der Waals surface area contributed by atoms with Gasteiger partial charge in [0.2, 0.25) is 0 Å². The van der Waals surface area contributed by atoms with Gasteiger partial charge in [-0.1, -0.05) is 36.4 Å². The van der Waals surface area contributed by atoms with E-state index in [-0.39, 0.29) is 17.3 Å². The second kappa shape index (κ2) is 9.67. The van der Waals surface area contributed by atoms with Crippen LogP contribution in [0.5, 0.6) is 0 Å². The molecule has 0 saturated carbocycles. The van der Waals surface area contributed by atoms with Crippen LogP contribution in [0.25, 0.3) is 6.08 Å². The minimum absolute atomic E-state index is 0.0685. The van der Waals surface area contributed by atoms with Gasteiger partial charge < -0.3 is 15.0 Å². The summed E-state index contributed by atoms with van der Waals surface area (Å²) in [7, 11) is 0. The lowest BCUT2D eigenvalue weighted by Gasteiger charge is -2.28. The van der Waals surface area contributed by atoms with Crippen molar-refractivity contribution in [3.63, 3.8) is 0 Å². The lowest BCUT2D eigenvalue weighted by atomic mass is 10.1. The van der Waals surface area contributed by atoms with Gasteiger partial charge in [0, 0.05) is 19.2 Å². The lowest BCUT2D eigenvalue weighted by molar-refractivity contribution is -0.384. The molecule has 0 bridgehead atoms. The molecule has 1 aliphatic rings. The number of nitrogens with one attached hydrogen (secondary N) is 1. The molecular weight excluding hydrogens is 384 g/mol. The third-order valence-corrected chi connectivity index (χ3v) is 4.87. The summed E-state index contributed by atoms with van der Waals surface area (Å²) >= 11 is 0. The highest BCUT2D eigenvalue weighted by atomic mass is 16.6. The molecule has 0 aromatic heterocycles. The topological polar surface area (TPSA) is 108 Å². The van der Waals surface area contributed by atoms with E-state index in [9.17, 15) is 20.2 Å². The first-order chi connectivity index (χ1) is 14.5. The van der Waals surface area contributed by atoms with E-state index in [0.717, 1.165) is 5.56 Å². The SMILES string of the molecule is C[C@@H](NC(=O)/C(C#N)=C\c1ccc(N2CCOCC2)c([N+](=O)[O-])c1)c1ccccc1. The average molecular weight is 406 g/mol. The summed E-state index contributed by atoms with van der Waals surface area (Å²) < 4.78 is 5.30. The summed E-state index contributed by atoms with van der Waals surface area (Å²) in [5.74, 6) is -0.534. The van der Waals surface area contributed by atoms with Crippen LogP contribution < -0.4 is 10.2 Å². The summed E-state index contributed by atoms with van der Waals surface area (Å²) in [6.45, 7) is 3.98. The first-order valence-electron chi connectivity index (χ1n) is 9.58. The van der Waals surface area contributed by atoms with Crippen molar-refractivity contribution in [2.75, 3.05) is 31.2 Å². The quantitative estimate of drug-likeness (QED) is 0.341.